The molecule has 0 N–H and O–H groups in total. The van der Waals surface area contributed by atoms with Gasteiger partial charge in [0.2, 0.25) is 0 Å². The number of alkyl halides is 3. The molecule has 1 aliphatic rings. The van der Waals surface area contributed by atoms with Crippen molar-refractivity contribution in [2.24, 2.45) is 5.92 Å². The van der Waals surface area contributed by atoms with Crippen LogP contribution in [0.3, 0.4) is 0 Å². The molecule has 14 heavy (non-hydrogen) atoms. The Hall–Kier alpha value is -0.630. The molecule has 0 spiro atoms. The van der Waals surface area contributed by atoms with Gasteiger partial charge in [-0.1, -0.05) is 18.2 Å². The summed E-state index contributed by atoms with van der Waals surface area (Å²) in [7, 11) is 0. The van der Waals surface area contributed by atoms with Crippen molar-refractivity contribution >= 4 is 11.6 Å². The Morgan fingerprint density at radius 3 is 2.79 bits per heavy atom. The zero-order chi connectivity index (χ0) is 10.1. The van der Waals surface area contributed by atoms with Crippen molar-refractivity contribution in [1.29, 1.82) is 0 Å². The second-order valence-corrected chi connectivity index (χ2v) is 4.04. The van der Waals surface area contributed by atoms with Crippen LogP contribution in [0.15, 0.2) is 24.3 Å². The highest BCUT2D eigenvalue weighted by molar-refractivity contribution is 6.18. The predicted molar refractivity (Wildman–Crippen MR) is 53.0 cm³/mol. The van der Waals surface area contributed by atoms with Crippen LogP contribution in [0.5, 0.6) is 0 Å². The molecule has 2 unspecified atom stereocenters. The molecule has 0 saturated heterocycles. The standard InChI is InChI=1S/C11H11ClF2/c12-6-9-5-10(9)7-2-1-3-8(4-7)11(13)14/h1-4,9-11H,5-6H2. The molecule has 1 aromatic rings. The van der Waals surface area contributed by atoms with Gasteiger partial charge in [0.1, 0.15) is 0 Å². The van der Waals surface area contributed by atoms with E-state index in [-0.39, 0.29) is 5.56 Å². The maximum Gasteiger partial charge on any atom is 0.263 e. The van der Waals surface area contributed by atoms with Gasteiger partial charge in [-0.25, -0.2) is 8.78 Å². The summed E-state index contributed by atoms with van der Waals surface area (Å²) in [6, 6.07) is 6.66. The fourth-order valence-electron chi connectivity index (χ4n) is 1.75. The molecule has 1 aromatic carbocycles. The summed E-state index contributed by atoms with van der Waals surface area (Å²) in [5, 5.41) is 0. The maximum atomic E-state index is 12.4. The normalized spacial score (nSPS) is 25.4. The smallest absolute Gasteiger partial charge is 0.205 e. The van der Waals surface area contributed by atoms with Crippen LogP contribution in [-0.2, 0) is 0 Å². The summed E-state index contributed by atoms with van der Waals surface area (Å²) in [5.74, 6) is 1.53. The second kappa shape index (κ2) is 3.85. The quantitative estimate of drug-likeness (QED) is 0.671. The van der Waals surface area contributed by atoms with Crippen molar-refractivity contribution in [1.82, 2.24) is 0 Å². The van der Waals surface area contributed by atoms with Crippen molar-refractivity contribution in [3.05, 3.63) is 35.4 Å². The summed E-state index contributed by atoms with van der Waals surface area (Å²) < 4.78 is 24.8. The van der Waals surface area contributed by atoms with Gasteiger partial charge < -0.3 is 0 Å². The van der Waals surface area contributed by atoms with Crippen molar-refractivity contribution in [2.45, 2.75) is 18.8 Å². The second-order valence-electron chi connectivity index (χ2n) is 3.73. The zero-order valence-corrected chi connectivity index (χ0v) is 8.35. The summed E-state index contributed by atoms with van der Waals surface area (Å²) in [6.45, 7) is 0. The van der Waals surface area contributed by atoms with E-state index in [0.29, 0.717) is 17.7 Å². The van der Waals surface area contributed by atoms with E-state index in [1.807, 2.05) is 6.07 Å². The third kappa shape index (κ3) is 1.90. The maximum absolute atomic E-state index is 12.4. The average Bonchev–Trinajstić information content (AvgIpc) is 2.97. The highest BCUT2D eigenvalue weighted by atomic mass is 35.5. The van der Waals surface area contributed by atoms with E-state index in [0.717, 1.165) is 12.0 Å². The van der Waals surface area contributed by atoms with E-state index in [2.05, 4.69) is 0 Å². The fraction of sp³-hybridized carbons (Fsp3) is 0.455. The largest absolute Gasteiger partial charge is 0.263 e. The van der Waals surface area contributed by atoms with Crippen LogP contribution in [0, 0.1) is 5.92 Å². The Balaban J connectivity index is 2.15. The summed E-state index contributed by atoms with van der Waals surface area (Å²) in [4.78, 5) is 0. The topological polar surface area (TPSA) is 0 Å². The van der Waals surface area contributed by atoms with E-state index in [1.165, 1.54) is 6.07 Å². The monoisotopic (exact) mass is 216 g/mol. The lowest BCUT2D eigenvalue weighted by molar-refractivity contribution is 0.151. The molecule has 1 fully saturated rings. The lowest BCUT2D eigenvalue weighted by Gasteiger charge is -2.03. The van der Waals surface area contributed by atoms with Crippen molar-refractivity contribution < 1.29 is 8.78 Å². The predicted octanol–water partition coefficient (Wildman–Crippen LogP) is 3.97. The molecule has 0 bridgehead atoms. The average molecular weight is 217 g/mol. The first-order valence-electron chi connectivity index (χ1n) is 4.66. The highest BCUT2D eigenvalue weighted by Gasteiger charge is 2.37. The Kier molecular flexibility index (Phi) is 2.73. The number of rotatable bonds is 3. The molecular weight excluding hydrogens is 206 g/mol. The molecule has 3 heteroatoms. The van der Waals surface area contributed by atoms with E-state index in [4.69, 9.17) is 11.6 Å². The van der Waals surface area contributed by atoms with Crippen molar-refractivity contribution in [2.75, 3.05) is 5.88 Å². The van der Waals surface area contributed by atoms with Crippen LogP contribution < -0.4 is 0 Å². The molecule has 2 atom stereocenters. The molecule has 0 amide bonds. The fourth-order valence-corrected chi connectivity index (χ4v) is 2.09. The van der Waals surface area contributed by atoms with Crippen molar-refractivity contribution in [3.8, 4) is 0 Å². The lowest BCUT2D eigenvalue weighted by atomic mass is 10.1. The Labute approximate surface area is 86.9 Å². The van der Waals surface area contributed by atoms with Crippen LogP contribution in [-0.4, -0.2) is 5.88 Å². The van der Waals surface area contributed by atoms with Crippen LogP contribution in [0.1, 0.15) is 29.9 Å². The van der Waals surface area contributed by atoms with E-state index >= 15 is 0 Å². The molecular formula is C11H11ClF2. The number of hydrogen-bond acceptors (Lipinski definition) is 0. The minimum absolute atomic E-state index is 0.114. The van der Waals surface area contributed by atoms with Gasteiger partial charge in [-0.3, -0.25) is 0 Å². The summed E-state index contributed by atoms with van der Waals surface area (Å²) in [5.41, 5.74) is 1.12. The zero-order valence-electron chi connectivity index (χ0n) is 7.59. The first kappa shape index (κ1) is 9.91. The van der Waals surface area contributed by atoms with Crippen molar-refractivity contribution in [3.63, 3.8) is 0 Å². The van der Waals surface area contributed by atoms with Crippen LogP contribution in [0.2, 0.25) is 0 Å². The van der Waals surface area contributed by atoms with Gasteiger partial charge in [-0.05, 0) is 29.9 Å². The molecule has 0 aromatic heterocycles. The van der Waals surface area contributed by atoms with Gasteiger partial charge in [0, 0.05) is 11.4 Å². The summed E-state index contributed by atoms with van der Waals surface area (Å²) in [6.07, 6.45) is -1.33. The highest BCUT2D eigenvalue weighted by Crippen LogP contribution is 2.48. The third-order valence-electron chi connectivity index (χ3n) is 2.71. The molecule has 0 nitrogen and oxygen atoms in total. The molecule has 2 rings (SSSR count). The lowest BCUT2D eigenvalue weighted by Crippen LogP contribution is -1.89. The molecule has 76 valence electrons. The van der Waals surface area contributed by atoms with E-state index < -0.39 is 6.43 Å². The number of halogens is 3. The van der Waals surface area contributed by atoms with Gasteiger partial charge in [0.15, 0.2) is 0 Å². The number of benzene rings is 1. The number of hydrogen-bond donors (Lipinski definition) is 0. The van der Waals surface area contributed by atoms with Crippen LogP contribution >= 0.6 is 11.6 Å². The molecule has 1 aliphatic carbocycles. The van der Waals surface area contributed by atoms with E-state index in [9.17, 15) is 8.78 Å². The van der Waals surface area contributed by atoms with E-state index in [1.54, 1.807) is 12.1 Å². The van der Waals surface area contributed by atoms with Gasteiger partial charge >= 0.3 is 0 Å². The minimum Gasteiger partial charge on any atom is -0.205 e. The SMILES string of the molecule is FC(F)c1cccc(C2CC2CCl)c1. The van der Waals surface area contributed by atoms with Gasteiger partial charge in [0.25, 0.3) is 6.43 Å². The van der Waals surface area contributed by atoms with Gasteiger partial charge in [-0.2, -0.15) is 0 Å². The molecule has 0 radical (unpaired) electrons. The first-order valence-corrected chi connectivity index (χ1v) is 5.20. The minimum atomic E-state index is -2.37. The molecule has 0 aliphatic heterocycles. The third-order valence-corrected chi connectivity index (χ3v) is 3.11. The first-order chi connectivity index (χ1) is 6.72. The molecule has 1 saturated carbocycles. The van der Waals surface area contributed by atoms with Gasteiger partial charge in [0.05, 0.1) is 0 Å². The van der Waals surface area contributed by atoms with Gasteiger partial charge in [-0.15, -0.1) is 11.6 Å². The Bertz CT molecular complexity index is 325. The Morgan fingerprint density at radius 1 is 1.43 bits per heavy atom. The Morgan fingerprint density at radius 2 is 2.21 bits per heavy atom. The van der Waals surface area contributed by atoms with Crippen LogP contribution in [0.25, 0.3) is 0 Å². The molecule has 0 heterocycles. The van der Waals surface area contributed by atoms with Crippen LogP contribution in [0.4, 0.5) is 8.78 Å². The summed E-state index contributed by atoms with van der Waals surface area (Å²) >= 11 is 5.70.